The second-order valence-electron chi connectivity index (χ2n) is 8.26. The number of phenols is 1. The van der Waals surface area contributed by atoms with Gasteiger partial charge in [0.25, 0.3) is 0 Å². The highest BCUT2D eigenvalue weighted by Gasteiger charge is 2.17. The fourth-order valence-electron chi connectivity index (χ4n) is 3.82. The van der Waals surface area contributed by atoms with Gasteiger partial charge >= 0.3 is 5.63 Å². The standard InChI is InChI=1S/C27H26FNO4/c1-29(2)14-3-15-32-22-11-4-18(5-12-22)16-24-23-13-10-21(30)17-25(23)33-27(31)26(24)19-6-8-20(28)9-7-19/h4-13,17,30H,3,14-16H2,1-2H3. The highest BCUT2D eigenvalue weighted by Crippen LogP contribution is 2.31. The Morgan fingerprint density at radius 1 is 1.00 bits per heavy atom. The first-order valence-electron chi connectivity index (χ1n) is 10.8. The van der Waals surface area contributed by atoms with Crippen LogP contribution in [0, 0.1) is 5.82 Å². The first-order valence-corrected chi connectivity index (χ1v) is 10.8. The molecular weight excluding hydrogens is 421 g/mol. The molecule has 170 valence electrons. The molecular formula is C27H26FNO4. The molecule has 33 heavy (non-hydrogen) atoms. The van der Waals surface area contributed by atoms with E-state index >= 15 is 0 Å². The molecule has 1 heterocycles. The molecule has 0 spiro atoms. The van der Waals surface area contributed by atoms with E-state index in [4.69, 9.17) is 9.15 Å². The number of ether oxygens (including phenoxy) is 1. The summed E-state index contributed by atoms with van der Waals surface area (Å²) in [7, 11) is 4.06. The maximum Gasteiger partial charge on any atom is 0.344 e. The number of phenolic OH excluding ortho intramolecular Hbond substituents is 1. The number of benzene rings is 3. The monoisotopic (exact) mass is 447 g/mol. The Morgan fingerprint density at radius 3 is 2.42 bits per heavy atom. The minimum atomic E-state index is -0.532. The number of aromatic hydroxyl groups is 1. The Kier molecular flexibility index (Phi) is 6.75. The van der Waals surface area contributed by atoms with E-state index in [1.807, 2.05) is 38.4 Å². The van der Waals surface area contributed by atoms with E-state index in [0.717, 1.165) is 35.2 Å². The van der Waals surface area contributed by atoms with Gasteiger partial charge in [0.2, 0.25) is 0 Å². The number of nitrogens with zero attached hydrogens (tertiary/aromatic N) is 1. The minimum Gasteiger partial charge on any atom is -0.508 e. The molecule has 4 rings (SSSR count). The van der Waals surface area contributed by atoms with Gasteiger partial charge in [-0.15, -0.1) is 0 Å². The summed E-state index contributed by atoms with van der Waals surface area (Å²) >= 11 is 0. The van der Waals surface area contributed by atoms with E-state index in [2.05, 4.69) is 4.90 Å². The van der Waals surface area contributed by atoms with Gasteiger partial charge in [0.05, 0.1) is 12.2 Å². The second-order valence-corrected chi connectivity index (χ2v) is 8.26. The Balaban J connectivity index is 1.68. The average molecular weight is 448 g/mol. The van der Waals surface area contributed by atoms with Crippen molar-refractivity contribution < 1.29 is 18.7 Å². The average Bonchev–Trinajstić information content (AvgIpc) is 2.78. The molecule has 0 amide bonds. The van der Waals surface area contributed by atoms with Crippen LogP contribution in [0.1, 0.15) is 17.5 Å². The largest absolute Gasteiger partial charge is 0.508 e. The number of hydrogen-bond donors (Lipinski definition) is 1. The van der Waals surface area contributed by atoms with Gasteiger partial charge in [-0.3, -0.25) is 0 Å². The lowest BCUT2D eigenvalue weighted by Gasteiger charge is -2.13. The Hall–Kier alpha value is -3.64. The van der Waals surface area contributed by atoms with Crippen molar-refractivity contribution in [1.29, 1.82) is 0 Å². The van der Waals surface area contributed by atoms with Crippen LogP contribution in [0.4, 0.5) is 4.39 Å². The van der Waals surface area contributed by atoms with Crippen molar-refractivity contribution >= 4 is 11.0 Å². The first kappa shape index (κ1) is 22.6. The smallest absolute Gasteiger partial charge is 0.344 e. The lowest BCUT2D eigenvalue weighted by atomic mass is 9.93. The molecule has 0 unspecified atom stereocenters. The fourth-order valence-corrected chi connectivity index (χ4v) is 3.82. The van der Waals surface area contributed by atoms with E-state index in [-0.39, 0.29) is 11.6 Å². The normalized spacial score (nSPS) is 11.3. The maximum atomic E-state index is 13.5. The van der Waals surface area contributed by atoms with Crippen LogP contribution in [0.3, 0.4) is 0 Å². The van der Waals surface area contributed by atoms with E-state index in [0.29, 0.717) is 29.7 Å². The summed E-state index contributed by atoms with van der Waals surface area (Å²) in [6, 6.07) is 18.3. The number of fused-ring (bicyclic) bond motifs is 1. The highest BCUT2D eigenvalue weighted by molar-refractivity contribution is 5.88. The van der Waals surface area contributed by atoms with Gasteiger partial charge in [-0.05, 0) is 80.0 Å². The molecule has 0 fully saturated rings. The number of halogens is 1. The van der Waals surface area contributed by atoms with Crippen LogP contribution in [0.2, 0.25) is 0 Å². The molecule has 0 saturated carbocycles. The predicted octanol–water partition coefficient (Wildman–Crippen LogP) is 5.23. The Morgan fingerprint density at radius 2 is 1.73 bits per heavy atom. The summed E-state index contributed by atoms with van der Waals surface area (Å²) in [5.74, 6) is 0.428. The molecule has 3 aromatic carbocycles. The lowest BCUT2D eigenvalue weighted by molar-refractivity contribution is 0.281. The van der Waals surface area contributed by atoms with Gasteiger partial charge < -0.3 is 19.2 Å². The van der Waals surface area contributed by atoms with Crippen molar-refractivity contribution in [2.24, 2.45) is 0 Å². The molecule has 0 radical (unpaired) electrons. The van der Waals surface area contributed by atoms with Crippen molar-refractivity contribution in [2.45, 2.75) is 12.8 Å². The van der Waals surface area contributed by atoms with E-state index in [9.17, 15) is 14.3 Å². The molecule has 0 aliphatic carbocycles. The van der Waals surface area contributed by atoms with E-state index in [1.54, 1.807) is 24.3 Å². The SMILES string of the molecule is CN(C)CCCOc1ccc(Cc2c(-c3ccc(F)cc3)c(=O)oc3cc(O)ccc23)cc1. The zero-order valence-corrected chi connectivity index (χ0v) is 18.7. The molecule has 0 saturated heterocycles. The highest BCUT2D eigenvalue weighted by atomic mass is 19.1. The molecule has 0 atom stereocenters. The first-order chi connectivity index (χ1) is 15.9. The third kappa shape index (κ3) is 5.41. The van der Waals surface area contributed by atoms with E-state index in [1.165, 1.54) is 18.2 Å². The summed E-state index contributed by atoms with van der Waals surface area (Å²) in [6.07, 6.45) is 1.40. The van der Waals surface area contributed by atoms with Crippen LogP contribution in [0.5, 0.6) is 11.5 Å². The number of hydrogen-bond acceptors (Lipinski definition) is 5. The van der Waals surface area contributed by atoms with Gasteiger partial charge in [0.1, 0.15) is 22.9 Å². The molecule has 0 bridgehead atoms. The maximum absolute atomic E-state index is 13.5. The van der Waals surface area contributed by atoms with Crippen LogP contribution in [-0.4, -0.2) is 37.3 Å². The van der Waals surface area contributed by atoms with Crippen molar-refractivity contribution in [3.8, 4) is 22.6 Å². The van der Waals surface area contributed by atoms with Crippen LogP contribution in [0.25, 0.3) is 22.1 Å². The summed E-state index contributed by atoms with van der Waals surface area (Å²) in [4.78, 5) is 15.0. The Labute approximate surface area is 191 Å². The van der Waals surface area contributed by atoms with Crippen LogP contribution in [-0.2, 0) is 6.42 Å². The quantitative estimate of drug-likeness (QED) is 0.296. The van der Waals surface area contributed by atoms with Crippen molar-refractivity contribution in [3.63, 3.8) is 0 Å². The van der Waals surface area contributed by atoms with Gasteiger partial charge in [-0.25, -0.2) is 9.18 Å². The molecule has 6 heteroatoms. The topological polar surface area (TPSA) is 62.9 Å². The molecule has 1 aromatic heterocycles. The fraction of sp³-hybridized carbons (Fsp3) is 0.222. The second kappa shape index (κ2) is 9.88. The number of rotatable bonds is 8. The third-order valence-corrected chi connectivity index (χ3v) is 5.45. The van der Waals surface area contributed by atoms with Crippen LogP contribution in [0.15, 0.2) is 75.9 Å². The lowest BCUT2D eigenvalue weighted by Crippen LogP contribution is -2.15. The van der Waals surface area contributed by atoms with Gasteiger partial charge in [-0.2, -0.15) is 0 Å². The van der Waals surface area contributed by atoms with Crippen molar-refractivity contribution in [1.82, 2.24) is 4.90 Å². The summed E-state index contributed by atoms with van der Waals surface area (Å²) in [5.41, 5.74) is 2.48. The summed E-state index contributed by atoms with van der Waals surface area (Å²) in [5, 5.41) is 10.6. The van der Waals surface area contributed by atoms with Gasteiger partial charge in [0, 0.05) is 18.0 Å². The molecule has 5 nitrogen and oxygen atoms in total. The van der Waals surface area contributed by atoms with Crippen LogP contribution < -0.4 is 10.4 Å². The molecule has 0 aliphatic rings. The summed E-state index contributed by atoms with van der Waals surface area (Å²) < 4.78 is 24.8. The predicted molar refractivity (Wildman–Crippen MR) is 127 cm³/mol. The van der Waals surface area contributed by atoms with Gasteiger partial charge in [0.15, 0.2) is 0 Å². The third-order valence-electron chi connectivity index (χ3n) is 5.45. The van der Waals surface area contributed by atoms with Crippen LogP contribution >= 0.6 is 0 Å². The molecule has 4 aromatic rings. The Bertz CT molecular complexity index is 1300. The minimum absolute atomic E-state index is 0.0156. The van der Waals surface area contributed by atoms with Gasteiger partial charge in [-0.1, -0.05) is 24.3 Å². The van der Waals surface area contributed by atoms with E-state index < -0.39 is 5.63 Å². The zero-order valence-electron chi connectivity index (χ0n) is 18.7. The zero-order chi connectivity index (χ0) is 23.4. The summed E-state index contributed by atoms with van der Waals surface area (Å²) in [6.45, 7) is 1.60. The van der Waals surface area contributed by atoms with Crippen molar-refractivity contribution in [3.05, 3.63) is 94.1 Å². The van der Waals surface area contributed by atoms with Crippen molar-refractivity contribution in [2.75, 3.05) is 27.2 Å². The molecule has 1 N–H and O–H groups in total. The molecule has 0 aliphatic heterocycles.